The lowest BCUT2D eigenvalue weighted by Gasteiger charge is -2.35. The first-order chi connectivity index (χ1) is 13.5. The lowest BCUT2D eigenvalue weighted by molar-refractivity contribution is -0.329. The maximum atomic E-state index is 13.5. The second-order valence-electron chi connectivity index (χ2n) is 5.27. The van der Waals surface area contributed by atoms with Crippen molar-refractivity contribution in [3.05, 3.63) is 23.9 Å². The van der Waals surface area contributed by atoms with Crippen LogP contribution >= 0.6 is 35.3 Å². The van der Waals surface area contributed by atoms with Gasteiger partial charge in [0.15, 0.2) is 16.2 Å². The van der Waals surface area contributed by atoms with Crippen molar-refractivity contribution in [2.75, 3.05) is 11.1 Å². The Bertz CT molecular complexity index is 697. The molecule has 0 fully saturated rings. The largest absolute Gasteiger partial charge is 0.454 e. The number of alkyl halides is 11. The summed E-state index contributed by atoms with van der Waals surface area (Å²) in [5.41, 5.74) is 0. The molecule has 0 spiro atoms. The third kappa shape index (κ3) is 7.40. The van der Waals surface area contributed by atoms with Crippen molar-refractivity contribution in [3.8, 4) is 0 Å². The van der Waals surface area contributed by atoms with Gasteiger partial charge < -0.3 is 10.6 Å². The van der Waals surface area contributed by atoms with Crippen LogP contribution in [0, 0.1) is 5.92 Å². The van der Waals surface area contributed by atoms with Crippen molar-refractivity contribution >= 4 is 45.6 Å². The van der Waals surface area contributed by atoms with Gasteiger partial charge in [0.05, 0.1) is 5.25 Å². The number of nitrogens with one attached hydrogen (secondary N) is 2. The number of thiocarbonyl (C=S) groups is 1. The molecule has 1 unspecified atom stereocenters. The van der Waals surface area contributed by atoms with Crippen molar-refractivity contribution in [3.63, 3.8) is 0 Å². The summed E-state index contributed by atoms with van der Waals surface area (Å²) in [6, 6.07) is 0. The van der Waals surface area contributed by atoms with Gasteiger partial charge in [0, 0.05) is 23.5 Å². The highest BCUT2D eigenvalue weighted by atomic mass is 32.2. The van der Waals surface area contributed by atoms with Gasteiger partial charge in [-0.2, -0.15) is 48.3 Å². The number of nitrogens with zero attached hydrogens (tertiary/aromatic N) is 1. The molecule has 172 valence electrons. The zero-order valence-electron chi connectivity index (χ0n) is 14.0. The number of thiazole rings is 1. The minimum absolute atomic E-state index is 0.119. The third-order valence-corrected chi connectivity index (χ3v) is 5.32. The van der Waals surface area contributed by atoms with E-state index in [1.165, 1.54) is 6.20 Å². The predicted molar refractivity (Wildman–Crippen MR) is 93.5 cm³/mol. The quantitative estimate of drug-likeness (QED) is 0.347. The molecule has 1 atom stereocenters. The van der Waals surface area contributed by atoms with Crippen LogP contribution in [0.1, 0.15) is 0 Å². The summed E-state index contributed by atoms with van der Waals surface area (Å²) in [5, 5.41) is 2.42. The van der Waals surface area contributed by atoms with E-state index >= 15 is 0 Å². The van der Waals surface area contributed by atoms with Gasteiger partial charge >= 0.3 is 24.5 Å². The number of hydrogen-bond acceptors (Lipinski definition) is 4. The Hall–Kier alpha value is -1.36. The van der Waals surface area contributed by atoms with Crippen LogP contribution in [0.15, 0.2) is 23.9 Å². The van der Waals surface area contributed by atoms with Gasteiger partial charge in [-0.15, -0.1) is 23.1 Å². The monoisotopic (exact) mass is 513 g/mol. The molecule has 0 saturated carbocycles. The van der Waals surface area contributed by atoms with E-state index in [2.05, 4.69) is 15.6 Å². The minimum Gasteiger partial charge on any atom is -0.339 e. The molecule has 0 radical (unpaired) electrons. The van der Waals surface area contributed by atoms with E-state index in [1.54, 1.807) is 5.38 Å². The molecule has 1 heterocycles. The van der Waals surface area contributed by atoms with Crippen LogP contribution < -0.4 is 10.6 Å². The lowest BCUT2D eigenvalue weighted by atomic mass is 9.98. The molecule has 2 N–H and O–H groups in total. The van der Waals surface area contributed by atoms with Crippen LogP contribution in [0.2, 0.25) is 0 Å². The molecule has 0 aromatic carbocycles. The highest BCUT2D eigenvalue weighted by molar-refractivity contribution is 8.00. The third-order valence-electron chi connectivity index (χ3n) is 3.10. The Kier molecular flexibility index (Phi) is 8.75. The van der Waals surface area contributed by atoms with Crippen molar-refractivity contribution in [2.45, 2.75) is 29.7 Å². The Morgan fingerprint density at radius 1 is 1.07 bits per heavy atom. The van der Waals surface area contributed by atoms with E-state index in [4.69, 9.17) is 12.2 Å². The van der Waals surface area contributed by atoms with E-state index in [0.29, 0.717) is 5.13 Å². The number of rotatable bonds is 7. The van der Waals surface area contributed by atoms with E-state index in [-0.39, 0.29) is 5.11 Å². The summed E-state index contributed by atoms with van der Waals surface area (Å²) in [6.45, 7) is 0. The van der Waals surface area contributed by atoms with Crippen molar-refractivity contribution < 1.29 is 48.3 Å². The second-order valence-corrected chi connectivity index (χ2v) is 7.75. The Morgan fingerprint density at radius 2 is 1.63 bits per heavy atom. The van der Waals surface area contributed by atoms with E-state index in [0.717, 1.165) is 23.6 Å². The van der Waals surface area contributed by atoms with Gasteiger partial charge in [0.1, 0.15) is 0 Å². The fourth-order valence-corrected chi connectivity index (χ4v) is 3.88. The molecule has 0 saturated heterocycles. The highest BCUT2D eigenvalue weighted by Crippen LogP contribution is 2.53. The normalized spacial score (nSPS) is 14.9. The molecule has 0 aliphatic heterocycles. The topological polar surface area (TPSA) is 37.0 Å². The van der Waals surface area contributed by atoms with E-state index < -0.39 is 53.1 Å². The lowest BCUT2D eigenvalue weighted by Crippen LogP contribution is -2.56. The van der Waals surface area contributed by atoms with Crippen LogP contribution in [0.3, 0.4) is 0 Å². The van der Waals surface area contributed by atoms with Gasteiger partial charge in [-0.3, -0.25) is 0 Å². The van der Waals surface area contributed by atoms with Crippen molar-refractivity contribution in [1.82, 2.24) is 10.3 Å². The van der Waals surface area contributed by atoms with Gasteiger partial charge in [-0.05, 0) is 12.2 Å². The Morgan fingerprint density at radius 3 is 2.07 bits per heavy atom. The first-order valence-electron chi connectivity index (χ1n) is 7.29. The fourth-order valence-electron chi connectivity index (χ4n) is 1.86. The number of aromatic nitrogens is 1. The molecule has 0 aliphatic carbocycles. The smallest absolute Gasteiger partial charge is 0.339 e. The van der Waals surface area contributed by atoms with Gasteiger partial charge in [-0.1, -0.05) is 6.08 Å². The second kappa shape index (κ2) is 9.84. The number of hydrogen-bond donors (Lipinski definition) is 2. The van der Waals surface area contributed by atoms with E-state index in [1.807, 2.05) is 0 Å². The molecular weight excluding hydrogens is 503 g/mol. The summed E-state index contributed by atoms with van der Waals surface area (Å²) in [7, 11) is 0. The zero-order valence-corrected chi connectivity index (χ0v) is 16.5. The molecule has 3 nitrogen and oxygen atoms in total. The summed E-state index contributed by atoms with van der Waals surface area (Å²) >= 11 is 5.06. The molecule has 0 bridgehead atoms. The molecule has 30 heavy (non-hydrogen) atoms. The summed E-state index contributed by atoms with van der Waals surface area (Å²) in [6.07, 6.45) is -16.4. The van der Waals surface area contributed by atoms with Crippen LogP contribution in [0.4, 0.5) is 53.4 Å². The van der Waals surface area contributed by atoms with Crippen LogP contribution in [-0.2, 0) is 0 Å². The molecule has 0 amide bonds. The molecule has 1 aromatic heterocycles. The Labute approximate surface area is 175 Å². The van der Waals surface area contributed by atoms with Gasteiger partial charge in [-0.25, -0.2) is 4.98 Å². The average Bonchev–Trinajstić information content (AvgIpc) is 3.02. The van der Waals surface area contributed by atoms with Crippen molar-refractivity contribution in [1.29, 1.82) is 0 Å². The minimum atomic E-state index is -6.62. The Balaban J connectivity index is 2.92. The SMILES string of the molecule is FC(F)(F)C(C(SC/C=C/NC(=S)Nc1nccs1)C(F)(F)C(F)(F)F)C(F)(F)F. The highest BCUT2D eigenvalue weighted by Gasteiger charge is 2.72. The molecular formula is C13H10F11N3S3. The molecule has 0 aliphatic rings. The summed E-state index contributed by atoms with van der Waals surface area (Å²) in [4.78, 5) is 3.79. The molecule has 1 rings (SSSR count). The first kappa shape index (κ1) is 26.7. The van der Waals surface area contributed by atoms with Crippen LogP contribution in [-0.4, -0.2) is 45.6 Å². The maximum absolute atomic E-state index is 13.5. The zero-order chi connectivity index (χ0) is 23.4. The van der Waals surface area contributed by atoms with E-state index in [9.17, 15) is 48.3 Å². The molecule has 1 aromatic rings. The van der Waals surface area contributed by atoms with Crippen molar-refractivity contribution in [2.24, 2.45) is 5.92 Å². The predicted octanol–water partition coefficient (Wildman–Crippen LogP) is 5.98. The van der Waals surface area contributed by atoms with Crippen LogP contribution in [0.25, 0.3) is 0 Å². The molecule has 17 heteroatoms. The number of halogens is 11. The number of thioether (sulfide) groups is 1. The first-order valence-corrected chi connectivity index (χ1v) is 9.63. The van der Waals surface area contributed by atoms with Gasteiger partial charge in [0.25, 0.3) is 0 Å². The van der Waals surface area contributed by atoms with Crippen LogP contribution in [0.5, 0.6) is 0 Å². The standard InChI is InChI=1S/C13H10F11N3S3/c14-10(15,13(22,23)24)7(6(11(16,17)18)12(19,20)21)29-4-1-2-25-8(28)27-9-26-3-5-30-9/h1-3,5-7H,4H2,(H2,25,26,27,28)/b2-1+. The maximum Gasteiger partial charge on any atom is 0.454 e. The summed E-state index contributed by atoms with van der Waals surface area (Å²) < 4.78 is 141. The summed E-state index contributed by atoms with van der Waals surface area (Å²) in [5.74, 6) is -12.2. The fraction of sp³-hybridized carbons (Fsp3) is 0.538. The number of anilines is 1. The van der Waals surface area contributed by atoms with Gasteiger partial charge in [0.2, 0.25) is 0 Å². The average molecular weight is 513 g/mol.